The first-order valence-electron chi connectivity index (χ1n) is 8.42. The molecular weight excluding hydrogens is 481 g/mol. The first-order chi connectivity index (χ1) is 14.2. The minimum absolute atomic E-state index is 0.0770. The number of hydrogen-bond donors (Lipinski definition) is 1. The number of benzene rings is 2. The van der Waals surface area contributed by atoms with Gasteiger partial charge >= 0.3 is 5.97 Å². The van der Waals surface area contributed by atoms with Gasteiger partial charge in [0.1, 0.15) is 5.82 Å². The van der Waals surface area contributed by atoms with Crippen LogP contribution in [-0.4, -0.2) is 27.9 Å². The Labute approximate surface area is 182 Å². The maximum atomic E-state index is 13.9. The Morgan fingerprint density at radius 1 is 1.30 bits per heavy atom. The lowest BCUT2D eigenvalue weighted by atomic mass is 10.1. The summed E-state index contributed by atoms with van der Waals surface area (Å²) in [7, 11) is 0. The fourth-order valence-electron chi connectivity index (χ4n) is 2.38. The minimum Gasteiger partial charge on any atom is -0.449 e. The zero-order chi connectivity index (χ0) is 21.8. The Balaban J connectivity index is 1.65. The maximum absolute atomic E-state index is 13.9. The molecule has 1 amide bonds. The smallest absolute Gasteiger partial charge is 0.341 e. The van der Waals surface area contributed by atoms with E-state index in [2.05, 4.69) is 26.2 Å². The predicted molar refractivity (Wildman–Crippen MR) is 112 cm³/mol. The molecule has 1 aromatic heterocycles. The van der Waals surface area contributed by atoms with Crippen molar-refractivity contribution in [3.05, 3.63) is 73.8 Å². The van der Waals surface area contributed by atoms with Crippen LogP contribution in [0, 0.1) is 15.9 Å². The average molecular weight is 494 g/mol. The van der Waals surface area contributed by atoms with E-state index in [1.54, 1.807) is 11.4 Å². The lowest BCUT2D eigenvalue weighted by molar-refractivity contribution is -0.384. The number of anilines is 1. The van der Waals surface area contributed by atoms with Gasteiger partial charge in [-0.2, -0.15) is 0 Å². The molecule has 2 aromatic carbocycles. The van der Waals surface area contributed by atoms with Gasteiger partial charge in [-0.1, -0.05) is 28.1 Å². The van der Waals surface area contributed by atoms with Crippen LogP contribution in [0.5, 0.6) is 0 Å². The number of amides is 1. The van der Waals surface area contributed by atoms with Crippen LogP contribution >= 0.6 is 27.3 Å². The number of aromatic nitrogens is 1. The molecule has 0 saturated carbocycles. The molecule has 0 bridgehead atoms. The molecule has 0 aliphatic rings. The third-order valence-corrected chi connectivity index (χ3v) is 5.14. The Morgan fingerprint density at radius 3 is 2.77 bits per heavy atom. The number of thiazole rings is 1. The monoisotopic (exact) mass is 493 g/mol. The van der Waals surface area contributed by atoms with E-state index in [1.807, 2.05) is 0 Å². The Morgan fingerprint density at radius 2 is 2.07 bits per heavy atom. The number of ether oxygens (including phenoxy) is 1. The number of carbonyl (C=O) groups is 2. The summed E-state index contributed by atoms with van der Waals surface area (Å²) >= 11 is 4.20. The van der Waals surface area contributed by atoms with E-state index in [4.69, 9.17) is 4.74 Å². The second-order valence-electron chi connectivity index (χ2n) is 6.01. The van der Waals surface area contributed by atoms with E-state index in [1.165, 1.54) is 37.3 Å². The van der Waals surface area contributed by atoms with Crippen LogP contribution in [0.15, 0.2) is 52.3 Å². The van der Waals surface area contributed by atoms with Crippen molar-refractivity contribution in [3.63, 3.8) is 0 Å². The number of hydrogen-bond acceptors (Lipinski definition) is 7. The highest BCUT2D eigenvalue weighted by Crippen LogP contribution is 2.27. The second kappa shape index (κ2) is 9.09. The molecule has 0 spiro atoms. The highest BCUT2D eigenvalue weighted by Gasteiger charge is 2.22. The zero-order valence-electron chi connectivity index (χ0n) is 15.3. The van der Waals surface area contributed by atoms with E-state index < -0.39 is 28.7 Å². The van der Waals surface area contributed by atoms with Crippen molar-refractivity contribution in [1.29, 1.82) is 0 Å². The summed E-state index contributed by atoms with van der Waals surface area (Å²) < 4.78 is 19.3. The third-order valence-electron chi connectivity index (χ3n) is 3.89. The zero-order valence-corrected chi connectivity index (χ0v) is 17.7. The first kappa shape index (κ1) is 21.5. The molecule has 0 aliphatic carbocycles. The molecule has 1 atom stereocenters. The molecule has 1 N–H and O–H groups in total. The summed E-state index contributed by atoms with van der Waals surface area (Å²) in [5, 5.41) is 15.3. The molecular formula is C19H13BrFN3O5S. The van der Waals surface area contributed by atoms with Gasteiger partial charge in [0.05, 0.1) is 16.2 Å². The number of esters is 1. The fraction of sp³-hybridized carbons (Fsp3) is 0.105. The first-order valence-corrected chi connectivity index (χ1v) is 10.1. The van der Waals surface area contributed by atoms with Gasteiger partial charge in [0.2, 0.25) is 0 Å². The van der Waals surface area contributed by atoms with Crippen molar-refractivity contribution in [2.45, 2.75) is 13.0 Å². The average Bonchev–Trinajstić information content (AvgIpc) is 3.16. The van der Waals surface area contributed by atoms with Crippen molar-refractivity contribution in [1.82, 2.24) is 4.98 Å². The number of nitro groups is 1. The van der Waals surface area contributed by atoms with Gasteiger partial charge < -0.3 is 4.74 Å². The number of nitro benzene ring substituents is 1. The minimum atomic E-state index is -1.20. The van der Waals surface area contributed by atoms with E-state index in [-0.39, 0.29) is 16.4 Å². The van der Waals surface area contributed by atoms with Crippen LogP contribution in [0.2, 0.25) is 0 Å². The number of nitrogens with zero attached hydrogens (tertiary/aromatic N) is 2. The van der Waals surface area contributed by atoms with E-state index in [0.29, 0.717) is 15.7 Å². The van der Waals surface area contributed by atoms with E-state index >= 15 is 0 Å². The summed E-state index contributed by atoms with van der Waals surface area (Å²) in [6, 6.07) is 9.78. The standard InChI is InChI=1S/C19H13BrFN3O5S/c1-10(29-18(26)14-6-5-12(20)8-15(14)21)17(25)23-19-22-16(9-30-19)11-3-2-4-13(7-11)24(27)28/h2-10H,1H3,(H,22,23,25). The number of carbonyl (C=O) groups excluding carboxylic acids is 2. The van der Waals surface area contributed by atoms with Crippen molar-refractivity contribution in [2.75, 3.05) is 5.32 Å². The summed E-state index contributed by atoms with van der Waals surface area (Å²) in [4.78, 5) is 39.0. The number of nitrogens with one attached hydrogen (secondary N) is 1. The van der Waals surface area contributed by atoms with Gasteiger partial charge in [0, 0.05) is 27.5 Å². The Hall–Kier alpha value is -3.18. The molecule has 11 heteroatoms. The normalized spacial score (nSPS) is 11.6. The molecule has 8 nitrogen and oxygen atoms in total. The Bertz CT molecular complexity index is 1140. The Kier molecular flexibility index (Phi) is 6.53. The van der Waals surface area contributed by atoms with Gasteiger partial charge in [0.15, 0.2) is 11.2 Å². The van der Waals surface area contributed by atoms with Crippen LogP contribution in [-0.2, 0) is 9.53 Å². The summed E-state index contributed by atoms with van der Waals surface area (Å²) in [5.41, 5.74) is 0.596. The predicted octanol–water partition coefficient (Wildman–Crippen LogP) is 4.80. The molecule has 30 heavy (non-hydrogen) atoms. The van der Waals surface area contributed by atoms with Gasteiger partial charge in [0.25, 0.3) is 11.6 Å². The van der Waals surface area contributed by atoms with Crippen molar-refractivity contribution < 1.29 is 23.6 Å². The van der Waals surface area contributed by atoms with Crippen molar-refractivity contribution >= 4 is 50.0 Å². The quantitative estimate of drug-likeness (QED) is 0.299. The highest BCUT2D eigenvalue weighted by atomic mass is 79.9. The highest BCUT2D eigenvalue weighted by molar-refractivity contribution is 9.10. The van der Waals surface area contributed by atoms with Gasteiger partial charge in [-0.15, -0.1) is 11.3 Å². The number of halogens is 2. The van der Waals surface area contributed by atoms with Crippen molar-refractivity contribution in [2.24, 2.45) is 0 Å². The van der Waals surface area contributed by atoms with E-state index in [0.717, 1.165) is 17.4 Å². The lowest BCUT2D eigenvalue weighted by Crippen LogP contribution is -2.30. The molecule has 1 heterocycles. The van der Waals surface area contributed by atoms with Crippen LogP contribution in [0.3, 0.4) is 0 Å². The molecule has 0 radical (unpaired) electrons. The second-order valence-corrected chi connectivity index (χ2v) is 7.78. The van der Waals surface area contributed by atoms with Crippen LogP contribution < -0.4 is 5.32 Å². The van der Waals surface area contributed by atoms with Crippen LogP contribution in [0.4, 0.5) is 15.2 Å². The van der Waals surface area contributed by atoms with Crippen LogP contribution in [0.25, 0.3) is 11.3 Å². The summed E-state index contributed by atoms with van der Waals surface area (Å²) in [6.07, 6.45) is -1.20. The van der Waals surface area contributed by atoms with Gasteiger partial charge in [-0.25, -0.2) is 14.2 Å². The molecule has 0 aliphatic heterocycles. The van der Waals surface area contributed by atoms with Crippen molar-refractivity contribution in [3.8, 4) is 11.3 Å². The number of rotatable bonds is 6. The number of non-ortho nitro benzene ring substituents is 1. The lowest BCUT2D eigenvalue weighted by Gasteiger charge is -2.12. The largest absolute Gasteiger partial charge is 0.449 e. The molecule has 3 rings (SSSR count). The maximum Gasteiger partial charge on any atom is 0.341 e. The molecule has 1 unspecified atom stereocenters. The van der Waals surface area contributed by atoms with Crippen LogP contribution in [0.1, 0.15) is 17.3 Å². The molecule has 3 aromatic rings. The summed E-state index contributed by atoms with van der Waals surface area (Å²) in [6.45, 7) is 1.35. The topological polar surface area (TPSA) is 111 Å². The molecule has 154 valence electrons. The summed E-state index contributed by atoms with van der Waals surface area (Å²) in [5.74, 6) is -2.40. The molecule has 0 fully saturated rings. The third kappa shape index (κ3) is 5.05. The van der Waals surface area contributed by atoms with Gasteiger partial charge in [-0.3, -0.25) is 20.2 Å². The fourth-order valence-corrected chi connectivity index (χ4v) is 3.44. The molecule has 0 saturated heterocycles. The SMILES string of the molecule is CC(OC(=O)c1ccc(Br)cc1F)C(=O)Nc1nc(-c2cccc([N+](=O)[O-])c2)cs1. The van der Waals surface area contributed by atoms with Gasteiger partial charge in [-0.05, 0) is 25.1 Å². The van der Waals surface area contributed by atoms with E-state index in [9.17, 15) is 24.1 Å².